The number of rotatable bonds is 5. The van der Waals surface area contributed by atoms with Crippen LogP contribution in [0.15, 0.2) is 65.5 Å². The normalized spacial score (nSPS) is 13.6. The van der Waals surface area contributed by atoms with Gasteiger partial charge in [-0.1, -0.05) is 18.2 Å². The van der Waals surface area contributed by atoms with Crippen LogP contribution in [0.5, 0.6) is 11.5 Å². The first-order chi connectivity index (χ1) is 13.7. The lowest BCUT2D eigenvalue weighted by molar-refractivity contribution is 0.171. The zero-order valence-electron chi connectivity index (χ0n) is 15.0. The Labute approximate surface area is 160 Å². The summed E-state index contributed by atoms with van der Waals surface area (Å²) >= 11 is 0. The van der Waals surface area contributed by atoms with Gasteiger partial charge in [-0.25, -0.2) is 18.4 Å². The third-order valence-electron chi connectivity index (χ3n) is 4.50. The second kappa shape index (κ2) is 7.69. The molecule has 0 aliphatic carbocycles. The summed E-state index contributed by atoms with van der Waals surface area (Å²) in [5.41, 5.74) is 7.89. The second-order valence-corrected chi connectivity index (χ2v) is 6.32. The SMILES string of the molecule is NC/C(=C/F)Cn1ncn(-c2cccc(-c3ccc4c(c3)OCCO4)c2)c1=O. The first-order valence-corrected chi connectivity index (χ1v) is 8.82. The first kappa shape index (κ1) is 18.0. The Bertz CT molecular complexity index is 1090. The molecular formula is C20H19FN4O3. The number of fused-ring (bicyclic) bond motifs is 1. The van der Waals surface area contributed by atoms with Gasteiger partial charge < -0.3 is 15.2 Å². The maximum atomic E-state index is 12.8. The third-order valence-corrected chi connectivity index (χ3v) is 4.50. The number of benzene rings is 2. The number of aromatic nitrogens is 3. The number of nitrogens with two attached hydrogens (primary N) is 1. The van der Waals surface area contributed by atoms with E-state index < -0.39 is 0 Å². The summed E-state index contributed by atoms with van der Waals surface area (Å²) in [7, 11) is 0. The fourth-order valence-corrected chi connectivity index (χ4v) is 3.02. The Balaban J connectivity index is 1.67. The molecule has 0 saturated carbocycles. The van der Waals surface area contributed by atoms with Crippen LogP contribution in [0.25, 0.3) is 16.8 Å². The quantitative estimate of drug-likeness (QED) is 0.732. The Morgan fingerprint density at radius 2 is 1.93 bits per heavy atom. The zero-order valence-corrected chi connectivity index (χ0v) is 15.0. The van der Waals surface area contributed by atoms with Gasteiger partial charge in [-0.3, -0.25) is 0 Å². The van der Waals surface area contributed by atoms with Crippen molar-refractivity contribution in [2.75, 3.05) is 19.8 Å². The largest absolute Gasteiger partial charge is 0.486 e. The Morgan fingerprint density at radius 1 is 1.14 bits per heavy atom. The zero-order chi connectivity index (χ0) is 19.5. The van der Waals surface area contributed by atoms with Crippen LogP contribution in [-0.4, -0.2) is 34.1 Å². The van der Waals surface area contributed by atoms with Crippen molar-refractivity contribution in [2.24, 2.45) is 5.73 Å². The van der Waals surface area contributed by atoms with Crippen molar-refractivity contribution in [1.82, 2.24) is 14.3 Å². The van der Waals surface area contributed by atoms with Gasteiger partial charge in [0.2, 0.25) is 0 Å². The highest BCUT2D eigenvalue weighted by Gasteiger charge is 2.13. The molecule has 2 N–H and O–H groups in total. The molecule has 3 aromatic rings. The van der Waals surface area contributed by atoms with Crippen LogP contribution in [0.1, 0.15) is 0 Å². The standard InChI is InChI=1S/C20H19FN4O3/c21-10-14(11-22)12-25-20(26)24(13-23-25)17-3-1-2-15(8-17)16-4-5-18-19(9-16)28-7-6-27-18/h1-5,8-10,13H,6-7,11-12,22H2/b14-10-. The molecule has 0 fully saturated rings. The molecule has 1 aliphatic heterocycles. The van der Waals surface area contributed by atoms with Gasteiger partial charge in [0.1, 0.15) is 19.5 Å². The van der Waals surface area contributed by atoms with Crippen LogP contribution in [0.2, 0.25) is 0 Å². The summed E-state index contributed by atoms with van der Waals surface area (Å²) in [4.78, 5) is 12.6. The van der Waals surface area contributed by atoms with E-state index in [1.807, 2.05) is 42.5 Å². The van der Waals surface area contributed by atoms with Gasteiger partial charge in [-0.05, 0) is 41.0 Å². The molecule has 7 nitrogen and oxygen atoms in total. The number of nitrogens with zero attached hydrogens (tertiary/aromatic N) is 3. The molecule has 0 saturated heterocycles. The topological polar surface area (TPSA) is 84.3 Å². The molecular weight excluding hydrogens is 363 g/mol. The Morgan fingerprint density at radius 3 is 2.71 bits per heavy atom. The lowest BCUT2D eigenvalue weighted by atomic mass is 10.0. The van der Waals surface area contributed by atoms with Gasteiger partial charge in [0.15, 0.2) is 11.5 Å². The van der Waals surface area contributed by atoms with Crippen molar-refractivity contribution in [3.8, 4) is 28.3 Å². The molecule has 2 aromatic carbocycles. The number of hydrogen-bond donors (Lipinski definition) is 1. The average molecular weight is 382 g/mol. The highest BCUT2D eigenvalue weighted by atomic mass is 19.1. The molecule has 1 aromatic heterocycles. The third kappa shape index (κ3) is 3.41. The van der Waals surface area contributed by atoms with E-state index in [1.165, 1.54) is 15.6 Å². The minimum absolute atomic E-state index is 0.0146. The van der Waals surface area contributed by atoms with Crippen LogP contribution < -0.4 is 20.9 Å². The van der Waals surface area contributed by atoms with Crippen molar-refractivity contribution in [2.45, 2.75) is 6.54 Å². The van der Waals surface area contributed by atoms with Crippen molar-refractivity contribution in [1.29, 1.82) is 0 Å². The molecule has 28 heavy (non-hydrogen) atoms. The van der Waals surface area contributed by atoms with E-state index in [0.29, 0.717) is 31.0 Å². The molecule has 8 heteroatoms. The maximum Gasteiger partial charge on any atom is 0.350 e. The molecule has 0 amide bonds. The van der Waals surface area contributed by atoms with E-state index in [-0.39, 0.29) is 24.4 Å². The van der Waals surface area contributed by atoms with Gasteiger partial charge in [-0.15, -0.1) is 0 Å². The van der Waals surface area contributed by atoms with Crippen molar-refractivity contribution >= 4 is 0 Å². The van der Waals surface area contributed by atoms with E-state index in [2.05, 4.69) is 5.10 Å². The Kier molecular flexibility index (Phi) is 4.94. The fourth-order valence-electron chi connectivity index (χ4n) is 3.02. The van der Waals surface area contributed by atoms with Gasteiger partial charge in [0, 0.05) is 6.54 Å². The van der Waals surface area contributed by atoms with E-state index in [0.717, 1.165) is 16.9 Å². The predicted molar refractivity (Wildman–Crippen MR) is 102 cm³/mol. The van der Waals surface area contributed by atoms with E-state index in [1.54, 1.807) is 0 Å². The van der Waals surface area contributed by atoms with Crippen LogP contribution in [0, 0.1) is 0 Å². The summed E-state index contributed by atoms with van der Waals surface area (Å²) < 4.78 is 26.5. The number of ether oxygens (including phenoxy) is 2. The molecule has 0 atom stereocenters. The predicted octanol–water partition coefficient (Wildman–Crippen LogP) is 2.28. The number of halogens is 1. The second-order valence-electron chi connectivity index (χ2n) is 6.32. The fraction of sp³-hybridized carbons (Fsp3) is 0.200. The molecule has 0 unspecified atom stereocenters. The van der Waals surface area contributed by atoms with E-state index in [9.17, 15) is 9.18 Å². The van der Waals surface area contributed by atoms with Crippen molar-refractivity contribution in [3.05, 3.63) is 71.2 Å². The summed E-state index contributed by atoms with van der Waals surface area (Å²) in [6, 6.07) is 13.2. The summed E-state index contributed by atoms with van der Waals surface area (Å²) in [6.07, 6.45) is 1.82. The lowest BCUT2D eigenvalue weighted by Gasteiger charge is -2.19. The summed E-state index contributed by atoms with van der Waals surface area (Å²) in [6.45, 7) is 1.09. The van der Waals surface area contributed by atoms with Crippen LogP contribution in [-0.2, 0) is 6.54 Å². The van der Waals surface area contributed by atoms with Crippen LogP contribution in [0.4, 0.5) is 4.39 Å². The van der Waals surface area contributed by atoms with Gasteiger partial charge in [0.25, 0.3) is 0 Å². The smallest absolute Gasteiger partial charge is 0.350 e. The van der Waals surface area contributed by atoms with E-state index >= 15 is 0 Å². The molecule has 1 aliphatic rings. The van der Waals surface area contributed by atoms with E-state index in [4.69, 9.17) is 15.2 Å². The minimum Gasteiger partial charge on any atom is -0.486 e. The van der Waals surface area contributed by atoms with Gasteiger partial charge in [0.05, 0.1) is 18.6 Å². The van der Waals surface area contributed by atoms with Crippen LogP contribution >= 0.6 is 0 Å². The van der Waals surface area contributed by atoms with Crippen LogP contribution in [0.3, 0.4) is 0 Å². The Hall–Kier alpha value is -3.39. The molecule has 4 rings (SSSR count). The summed E-state index contributed by atoms with van der Waals surface area (Å²) in [5.74, 6) is 1.42. The van der Waals surface area contributed by atoms with Crippen molar-refractivity contribution < 1.29 is 13.9 Å². The highest BCUT2D eigenvalue weighted by molar-refractivity contribution is 5.69. The number of hydrogen-bond acceptors (Lipinski definition) is 5. The minimum atomic E-state index is -0.368. The highest BCUT2D eigenvalue weighted by Crippen LogP contribution is 2.34. The van der Waals surface area contributed by atoms with Crippen molar-refractivity contribution in [3.63, 3.8) is 0 Å². The maximum absolute atomic E-state index is 12.8. The first-order valence-electron chi connectivity index (χ1n) is 8.82. The average Bonchev–Trinajstić information content (AvgIpc) is 3.11. The van der Waals surface area contributed by atoms with Gasteiger partial charge >= 0.3 is 5.69 Å². The molecule has 0 spiro atoms. The lowest BCUT2D eigenvalue weighted by Crippen LogP contribution is -2.25. The van der Waals surface area contributed by atoms with Gasteiger partial charge in [-0.2, -0.15) is 5.10 Å². The molecule has 2 heterocycles. The molecule has 0 bridgehead atoms. The molecule has 144 valence electrons. The molecule has 0 radical (unpaired) electrons. The monoisotopic (exact) mass is 382 g/mol. The summed E-state index contributed by atoms with van der Waals surface area (Å²) in [5, 5.41) is 4.06.